The molecule has 0 aliphatic heterocycles. The standard InChI is InChI=1S/C9H12O/c10-9-3-5-1-2-6(9)8-4-7(5)8/h1-2,5-10H,3-4H2. The monoisotopic (exact) mass is 136 g/mol. The van der Waals surface area contributed by atoms with Gasteiger partial charge in [-0.1, -0.05) is 12.2 Å². The maximum absolute atomic E-state index is 9.55. The molecule has 2 saturated carbocycles. The fourth-order valence-electron chi connectivity index (χ4n) is 2.83. The lowest BCUT2D eigenvalue weighted by Gasteiger charge is -2.34. The topological polar surface area (TPSA) is 20.2 Å². The van der Waals surface area contributed by atoms with E-state index in [1.54, 1.807) is 0 Å². The molecule has 10 heavy (non-hydrogen) atoms. The molecule has 0 aromatic heterocycles. The number of allylic oxidation sites excluding steroid dienone is 1. The van der Waals surface area contributed by atoms with Crippen LogP contribution in [0.4, 0.5) is 0 Å². The smallest absolute Gasteiger partial charge is 0.0611 e. The molecule has 0 heterocycles. The molecule has 5 unspecified atom stereocenters. The third-order valence-electron chi connectivity index (χ3n) is 3.47. The van der Waals surface area contributed by atoms with Gasteiger partial charge in [0.05, 0.1) is 6.10 Å². The zero-order valence-electron chi connectivity index (χ0n) is 5.90. The molecule has 1 heteroatoms. The van der Waals surface area contributed by atoms with Crippen molar-refractivity contribution < 1.29 is 5.11 Å². The van der Waals surface area contributed by atoms with Crippen LogP contribution in [0, 0.1) is 23.7 Å². The molecular formula is C9H12O. The minimum Gasteiger partial charge on any atom is -0.392 e. The second-order valence-corrected chi connectivity index (χ2v) is 3.99. The highest BCUT2D eigenvalue weighted by molar-refractivity contribution is 5.18. The van der Waals surface area contributed by atoms with Gasteiger partial charge in [-0.3, -0.25) is 0 Å². The van der Waals surface area contributed by atoms with Gasteiger partial charge < -0.3 is 5.11 Å². The van der Waals surface area contributed by atoms with Crippen molar-refractivity contribution in [3.05, 3.63) is 12.2 Å². The minimum absolute atomic E-state index is 0.00116. The van der Waals surface area contributed by atoms with Gasteiger partial charge >= 0.3 is 0 Å². The predicted molar refractivity (Wildman–Crippen MR) is 38.3 cm³/mol. The van der Waals surface area contributed by atoms with Gasteiger partial charge in [0.15, 0.2) is 0 Å². The number of aliphatic hydroxyl groups is 1. The molecule has 0 aromatic carbocycles. The summed E-state index contributed by atoms with van der Waals surface area (Å²) in [5.74, 6) is 3.12. The highest BCUT2D eigenvalue weighted by Crippen LogP contribution is 2.59. The summed E-state index contributed by atoms with van der Waals surface area (Å²) in [5, 5.41) is 9.55. The van der Waals surface area contributed by atoms with E-state index >= 15 is 0 Å². The number of rotatable bonds is 0. The van der Waals surface area contributed by atoms with Crippen molar-refractivity contribution in [3.8, 4) is 0 Å². The Morgan fingerprint density at radius 3 is 2.60 bits per heavy atom. The summed E-state index contributed by atoms with van der Waals surface area (Å²) in [6, 6.07) is 0. The largest absolute Gasteiger partial charge is 0.392 e. The van der Waals surface area contributed by atoms with E-state index in [4.69, 9.17) is 0 Å². The van der Waals surface area contributed by atoms with E-state index in [1.165, 1.54) is 6.42 Å². The molecule has 0 spiro atoms. The fraction of sp³-hybridized carbons (Fsp3) is 0.778. The predicted octanol–water partition coefficient (Wildman–Crippen LogP) is 1.19. The second-order valence-electron chi connectivity index (χ2n) is 3.99. The number of hydrogen-bond donors (Lipinski definition) is 1. The Labute approximate surface area is 60.7 Å². The molecule has 0 saturated heterocycles. The normalized spacial score (nSPS) is 62.3. The van der Waals surface area contributed by atoms with E-state index in [1.807, 2.05) is 0 Å². The van der Waals surface area contributed by atoms with Gasteiger partial charge in [0.2, 0.25) is 0 Å². The first kappa shape index (κ1) is 5.36. The molecule has 1 nitrogen and oxygen atoms in total. The Bertz CT molecular complexity index is 195. The molecule has 4 rings (SSSR count). The third kappa shape index (κ3) is 0.485. The van der Waals surface area contributed by atoms with Crippen LogP contribution in [-0.2, 0) is 0 Å². The van der Waals surface area contributed by atoms with Crippen LogP contribution < -0.4 is 0 Å². The third-order valence-corrected chi connectivity index (χ3v) is 3.47. The van der Waals surface area contributed by atoms with Gasteiger partial charge in [0.1, 0.15) is 0 Å². The lowest BCUT2D eigenvalue weighted by Crippen LogP contribution is -2.33. The van der Waals surface area contributed by atoms with Crippen LogP contribution in [-0.4, -0.2) is 11.2 Å². The van der Waals surface area contributed by atoms with E-state index in [2.05, 4.69) is 12.2 Å². The van der Waals surface area contributed by atoms with Crippen LogP contribution in [0.25, 0.3) is 0 Å². The highest BCUT2D eigenvalue weighted by Gasteiger charge is 2.54. The van der Waals surface area contributed by atoms with E-state index in [-0.39, 0.29) is 6.10 Å². The van der Waals surface area contributed by atoms with Crippen LogP contribution in [0.15, 0.2) is 12.2 Å². The van der Waals surface area contributed by atoms with Crippen molar-refractivity contribution in [1.82, 2.24) is 0 Å². The van der Waals surface area contributed by atoms with Crippen LogP contribution in [0.1, 0.15) is 12.8 Å². The molecule has 0 radical (unpaired) electrons. The molecule has 5 atom stereocenters. The van der Waals surface area contributed by atoms with Crippen molar-refractivity contribution in [2.75, 3.05) is 0 Å². The summed E-state index contributed by atoms with van der Waals surface area (Å²) in [4.78, 5) is 0. The van der Waals surface area contributed by atoms with Crippen molar-refractivity contribution in [1.29, 1.82) is 0 Å². The van der Waals surface area contributed by atoms with Gasteiger partial charge in [0, 0.05) is 5.92 Å². The maximum Gasteiger partial charge on any atom is 0.0611 e. The second kappa shape index (κ2) is 1.48. The Morgan fingerprint density at radius 2 is 2.00 bits per heavy atom. The molecule has 0 amide bonds. The molecule has 1 N–H and O–H groups in total. The quantitative estimate of drug-likeness (QED) is 0.496. The minimum atomic E-state index is -0.00116. The van der Waals surface area contributed by atoms with E-state index in [0.29, 0.717) is 5.92 Å². The number of hydrogen-bond acceptors (Lipinski definition) is 1. The van der Waals surface area contributed by atoms with Gasteiger partial charge in [-0.2, -0.15) is 0 Å². The number of aliphatic hydroxyl groups excluding tert-OH is 1. The zero-order valence-corrected chi connectivity index (χ0v) is 5.90. The molecule has 54 valence electrons. The van der Waals surface area contributed by atoms with Crippen LogP contribution >= 0.6 is 0 Å². The maximum atomic E-state index is 9.55. The summed E-state index contributed by atoms with van der Waals surface area (Å²) < 4.78 is 0. The summed E-state index contributed by atoms with van der Waals surface area (Å²) in [7, 11) is 0. The molecule has 2 bridgehead atoms. The Kier molecular flexibility index (Phi) is 0.791. The van der Waals surface area contributed by atoms with Gasteiger partial charge in [-0.15, -0.1) is 0 Å². The first-order chi connectivity index (χ1) is 4.86. The lowest BCUT2D eigenvalue weighted by atomic mass is 9.74. The first-order valence-corrected chi connectivity index (χ1v) is 4.22. The summed E-state index contributed by atoms with van der Waals surface area (Å²) >= 11 is 0. The average Bonchev–Trinajstić information content (AvgIpc) is 2.66. The zero-order chi connectivity index (χ0) is 6.72. The van der Waals surface area contributed by atoms with Crippen LogP contribution in [0.2, 0.25) is 0 Å². The van der Waals surface area contributed by atoms with Gasteiger partial charge in [-0.25, -0.2) is 0 Å². The molecule has 4 aliphatic rings. The summed E-state index contributed by atoms with van der Waals surface area (Å²) in [6.45, 7) is 0. The first-order valence-electron chi connectivity index (χ1n) is 4.22. The SMILES string of the molecule is OC1CC2C=CC1C1CC21. The number of fused-ring (bicyclic) bond motifs is 1. The van der Waals surface area contributed by atoms with E-state index in [0.717, 1.165) is 24.2 Å². The Hall–Kier alpha value is -0.300. The molecule has 4 aliphatic carbocycles. The lowest BCUT2D eigenvalue weighted by molar-refractivity contribution is 0.0599. The highest BCUT2D eigenvalue weighted by atomic mass is 16.3. The average molecular weight is 136 g/mol. The van der Waals surface area contributed by atoms with E-state index in [9.17, 15) is 5.11 Å². The Balaban J connectivity index is 2.02. The molecule has 2 fully saturated rings. The summed E-state index contributed by atoms with van der Waals surface area (Å²) in [6.07, 6.45) is 7.00. The van der Waals surface area contributed by atoms with E-state index < -0.39 is 0 Å². The van der Waals surface area contributed by atoms with Gasteiger partial charge in [0.25, 0.3) is 0 Å². The van der Waals surface area contributed by atoms with Crippen LogP contribution in [0.5, 0.6) is 0 Å². The molecule has 0 aromatic rings. The molecular weight excluding hydrogens is 124 g/mol. The van der Waals surface area contributed by atoms with Crippen molar-refractivity contribution >= 4 is 0 Å². The Morgan fingerprint density at radius 1 is 1.10 bits per heavy atom. The fourth-order valence-corrected chi connectivity index (χ4v) is 2.83. The van der Waals surface area contributed by atoms with Crippen molar-refractivity contribution in [3.63, 3.8) is 0 Å². The van der Waals surface area contributed by atoms with Crippen molar-refractivity contribution in [2.45, 2.75) is 18.9 Å². The van der Waals surface area contributed by atoms with Crippen molar-refractivity contribution in [2.24, 2.45) is 23.7 Å². The summed E-state index contributed by atoms with van der Waals surface area (Å²) in [5.41, 5.74) is 0. The van der Waals surface area contributed by atoms with Crippen LogP contribution in [0.3, 0.4) is 0 Å². The van der Waals surface area contributed by atoms with Gasteiger partial charge in [-0.05, 0) is 30.6 Å².